The molecule has 2 aromatic heterocycles. The molecule has 0 radical (unpaired) electrons. The number of carbonyl (C=O) groups excluding carboxylic acids is 2. The number of amides is 3. The quantitative estimate of drug-likeness (QED) is 0.614. The first-order valence-corrected chi connectivity index (χ1v) is 9.19. The minimum absolute atomic E-state index is 0.217. The Morgan fingerprint density at radius 1 is 1.28 bits per heavy atom. The van der Waals surface area contributed by atoms with Crippen molar-refractivity contribution in [2.45, 2.75) is 10.7 Å². The Labute approximate surface area is 168 Å². The third-order valence-corrected chi connectivity index (χ3v) is 4.74. The van der Waals surface area contributed by atoms with Crippen LogP contribution < -0.4 is 16.0 Å². The molecule has 0 aliphatic carbocycles. The predicted octanol–water partition coefficient (Wildman–Crippen LogP) is 1.06. The van der Waals surface area contributed by atoms with Crippen LogP contribution >= 0.6 is 0 Å². The summed E-state index contributed by atoms with van der Waals surface area (Å²) in [6.07, 6.45) is 1.10. The number of hydrogen-bond donors (Lipinski definition) is 3. The van der Waals surface area contributed by atoms with Crippen LogP contribution in [-0.4, -0.2) is 67.3 Å². The highest BCUT2D eigenvalue weighted by atomic mass is 32.2. The van der Waals surface area contributed by atoms with E-state index in [1.165, 1.54) is 14.1 Å². The first-order valence-electron chi connectivity index (χ1n) is 9.15. The standard InChI is InChI=1S/C15H17F2N7O4S/c1-18-13(25)11-8(7-10(22-23-11)21-15(26)24(2)3)20-12-9(5-4-6-19-12)29(27,28)14(16)17/h4-7,14H,1-3H3,(H,18,25)(H2,19,20,21,22,26)/i1D3. The van der Waals surface area contributed by atoms with Gasteiger partial charge in [-0.15, -0.1) is 10.2 Å². The Balaban J connectivity index is 2.57. The smallest absolute Gasteiger partial charge is 0.341 e. The van der Waals surface area contributed by atoms with Gasteiger partial charge in [-0.2, -0.15) is 8.78 Å². The summed E-state index contributed by atoms with van der Waals surface area (Å²) in [5.74, 6) is -5.80. The molecule has 14 heteroatoms. The lowest BCUT2D eigenvalue weighted by atomic mass is 10.3. The number of anilines is 3. The van der Waals surface area contributed by atoms with Gasteiger partial charge in [0.05, 0.1) is 5.69 Å². The fourth-order valence-corrected chi connectivity index (χ4v) is 2.77. The van der Waals surface area contributed by atoms with Crippen molar-refractivity contribution in [3.05, 3.63) is 30.1 Å². The molecular weight excluding hydrogens is 412 g/mol. The monoisotopic (exact) mass is 432 g/mol. The number of rotatable bonds is 6. The summed E-state index contributed by atoms with van der Waals surface area (Å²) < 4.78 is 71.5. The van der Waals surface area contributed by atoms with Gasteiger partial charge < -0.3 is 15.5 Å². The Hall–Kier alpha value is -3.42. The lowest BCUT2D eigenvalue weighted by molar-refractivity contribution is 0.0958. The van der Waals surface area contributed by atoms with Crippen LogP contribution in [0.15, 0.2) is 29.3 Å². The van der Waals surface area contributed by atoms with Crippen molar-refractivity contribution in [3.63, 3.8) is 0 Å². The zero-order valence-corrected chi connectivity index (χ0v) is 15.8. The van der Waals surface area contributed by atoms with Gasteiger partial charge in [0, 0.05) is 37.4 Å². The molecule has 0 spiro atoms. The highest BCUT2D eigenvalue weighted by Gasteiger charge is 2.30. The lowest BCUT2D eigenvalue weighted by Gasteiger charge is -2.15. The fraction of sp³-hybridized carbons (Fsp3) is 0.267. The van der Waals surface area contributed by atoms with Gasteiger partial charge in [0.25, 0.3) is 5.91 Å². The van der Waals surface area contributed by atoms with E-state index in [1.54, 1.807) is 5.32 Å². The molecule has 0 saturated carbocycles. The molecular formula is C15H17F2N7O4S. The molecule has 0 aromatic carbocycles. The van der Waals surface area contributed by atoms with E-state index in [2.05, 4.69) is 25.8 Å². The molecule has 0 fully saturated rings. The van der Waals surface area contributed by atoms with Gasteiger partial charge >= 0.3 is 11.8 Å². The van der Waals surface area contributed by atoms with E-state index in [0.717, 1.165) is 29.3 Å². The Kier molecular flexibility index (Phi) is 5.31. The van der Waals surface area contributed by atoms with E-state index in [-0.39, 0.29) is 11.5 Å². The van der Waals surface area contributed by atoms with E-state index in [4.69, 9.17) is 4.11 Å². The summed E-state index contributed by atoms with van der Waals surface area (Å²) in [6, 6.07) is 2.36. The van der Waals surface area contributed by atoms with Crippen LogP contribution in [0.2, 0.25) is 0 Å². The van der Waals surface area contributed by atoms with Crippen LogP contribution in [-0.2, 0) is 9.84 Å². The second kappa shape index (κ2) is 8.72. The zero-order valence-electron chi connectivity index (χ0n) is 18.0. The Bertz CT molecular complexity index is 1130. The normalized spacial score (nSPS) is 13.1. The third kappa shape index (κ3) is 4.90. The van der Waals surface area contributed by atoms with Gasteiger partial charge in [0.2, 0.25) is 9.84 Å². The molecule has 0 saturated heterocycles. The summed E-state index contributed by atoms with van der Waals surface area (Å²) in [5.41, 5.74) is -0.991. The number of pyridine rings is 1. The van der Waals surface area contributed by atoms with Crippen LogP contribution in [0.25, 0.3) is 0 Å². The van der Waals surface area contributed by atoms with Crippen LogP contribution in [0.3, 0.4) is 0 Å². The van der Waals surface area contributed by atoms with Gasteiger partial charge in [-0.3, -0.25) is 10.1 Å². The lowest BCUT2D eigenvalue weighted by Crippen LogP contribution is -2.28. The van der Waals surface area contributed by atoms with E-state index >= 15 is 0 Å². The minimum Gasteiger partial charge on any atom is -0.354 e. The maximum atomic E-state index is 13.0. The highest BCUT2D eigenvalue weighted by molar-refractivity contribution is 7.91. The SMILES string of the molecule is [2H]C([2H])([2H])NC(=O)c1nnc(NC(=O)N(C)C)cc1Nc1ncccc1S(=O)(=O)C(F)F. The minimum atomic E-state index is -5.09. The van der Waals surface area contributed by atoms with Crippen LogP contribution in [0, 0.1) is 0 Å². The molecule has 0 atom stereocenters. The van der Waals surface area contributed by atoms with Crippen molar-refractivity contribution in [1.29, 1.82) is 0 Å². The van der Waals surface area contributed by atoms with Crippen LogP contribution in [0.5, 0.6) is 0 Å². The number of nitrogens with zero attached hydrogens (tertiary/aromatic N) is 4. The zero-order chi connectivity index (χ0) is 24.3. The van der Waals surface area contributed by atoms with Crippen molar-refractivity contribution in [3.8, 4) is 0 Å². The molecule has 3 amide bonds. The molecule has 0 unspecified atom stereocenters. The number of alkyl halides is 2. The average Bonchev–Trinajstić information content (AvgIpc) is 2.66. The molecule has 0 aliphatic rings. The van der Waals surface area contributed by atoms with Crippen molar-refractivity contribution in [2.24, 2.45) is 0 Å². The van der Waals surface area contributed by atoms with Crippen molar-refractivity contribution >= 4 is 39.1 Å². The predicted molar refractivity (Wildman–Crippen MR) is 98.8 cm³/mol. The van der Waals surface area contributed by atoms with Crippen LogP contribution in [0.1, 0.15) is 14.6 Å². The van der Waals surface area contributed by atoms with Gasteiger partial charge in [-0.05, 0) is 12.1 Å². The topological polar surface area (TPSA) is 146 Å². The maximum absolute atomic E-state index is 13.0. The number of carbonyl (C=O) groups is 2. The number of hydrogen-bond acceptors (Lipinski definition) is 8. The van der Waals surface area contributed by atoms with Crippen molar-refractivity contribution in [1.82, 2.24) is 25.4 Å². The number of nitrogens with one attached hydrogen (secondary N) is 3. The van der Waals surface area contributed by atoms with Crippen LogP contribution in [0.4, 0.5) is 30.9 Å². The summed E-state index contributed by atoms with van der Waals surface area (Å²) in [6.45, 7) is -2.90. The average molecular weight is 432 g/mol. The van der Waals surface area contributed by atoms with Gasteiger partial charge in [0.1, 0.15) is 10.7 Å². The third-order valence-electron chi connectivity index (χ3n) is 3.33. The van der Waals surface area contributed by atoms with E-state index < -0.39 is 50.9 Å². The van der Waals surface area contributed by atoms with E-state index in [9.17, 15) is 26.8 Å². The summed E-state index contributed by atoms with van der Waals surface area (Å²) in [4.78, 5) is 28.2. The highest BCUT2D eigenvalue weighted by Crippen LogP contribution is 2.28. The van der Waals surface area contributed by atoms with Gasteiger partial charge in [0.15, 0.2) is 11.5 Å². The molecule has 156 valence electrons. The van der Waals surface area contributed by atoms with E-state index in [1.807, 2.05) is 0 Å². The van der Waals surface area contributed by atoms with Crippen molar-refractivity contribution in [2.75, 3.05) is 31.7 Å². The molecule has 3 N–H and O–H groups in total. The van der Waals surface area contributed by atoms with Gasteiger partial charge in [-0.1, -0.05) is 0 Å². The van der Waals surface area contributed by atoms with E-state index in [0.29, 0.717) is 0 Å². The molecule has 2 rings (SSSR count). The summed E-state index contributed by atoms with van der Waals surface area (Å²) in [7, 11) is -2.24. The number of sulfone groups is 1. The first-order chi connectivity index (χ1) is 14.7. The number of halogens is 2. The first kappa shape index (κ1) is 17.7. The van der Waals surface area contributed by atoms with Crippen molar-refractivity contribution < 1.29 is 30.9 Å². The summed E-state index contributed by atoms with van der Waals surface area (Å²) in [5, 5.41) is 13.5. The molecule has 11 nitrogen and oxygen atoms in total. The summed E-state index contributed by atoms with van der Waals surface area (Å²) >= 11 is 0. The Morgan fingerprint density at radius 2 is 2.00 bits per heavy atom. The number of urea groups is 1. The molecule has 29 heavy (non-hydrogen) atoms. The molecule has 0 aliphatic heterocycles. The largest absolute Gasteiger partial charge is 0.354 e. The van der Waals surface area contributed by atoms with Gasteiger partial charge in [-0.25, -0.2) is 18.2 Å². The molecule has 0 bridgehead atoms. The second-order valence-electron chi connectivity index (χ2n) is 5.55. The molecule has 2 heterocycles. The number of aromatic nitrogens is 3. The Morgan fingerprint density at radius 3 is 2.62 bits per heavy atom. The fourth-order valence-electron chi connectivity index (χ4n) is 1.93. The molecule has 2 aromatic rings. The second-order valence-corrected chi connectivity index (χ2v) is 7.44. The maximum Gasteiger partial charge on any atom is 0.341 e.